The minimum Gasteiger partial charge on any atom is -0.328 e. The third-order valence-electron chi connectivity index (χ3n) is 2.08. The van der Waals surface area contributed by atoms with E-state index in [1.165, 1.54) is 23.7 Å². The number of hydrogen-bond donors (Lipinski definition) is 2. The Kier molecular flexibility index (Phi) is 3.83. The summed E-state index contributed by atoms with van der Waals surface area (Å²) < 4.78 is 24.9. The molecule has 0 bridgehead atoms. The number of nitrogens with two attached hydrogens (primary N) is 1. The Hall–Kier alpha value is -0.920. The summed E-state index contributed by atoms with van der Waals surface area (Å²) in [5.41, 5.74) is 5.56. The molecule has 0 radical (unpaired) electrons. The first-order valence-corrected chi connectivity index (χ1v) is 6.09. The lowest BCUT2D eigenvalue weighted by Crippen LogP contribution is -2.31. The maximum absolute atomic E-state index is 11.8. The Morgan fingerprint density at radius 1 is 1.67 bits per heavy atom. The van der Waals surface area contributed by atoms with E-state index in [2.05, 4.69) is 10.2 Å². The molecule has 0 aliphatic rings. The number of H-pyrrole nitrogens is 1. The lowest BCUT2D eigenvalue weighted by Gasteiger charge is -2.16. The fourth-order valence-electron chi connectivity index (χ4n) is 1.07. The number of hydrogen-bond acceptors (Lipinski definition) is 4. The highest BCUT2D eigenvalue weighted by Gasteiger charge is 2.21. The second kappa shape index (κ2) is 4.73. The summed E-state index contributed by atoms with van der Waals surface area (Å²) in [5.74, 6) is 0. The number of sulfonamides is 1. The van der Waals surface area contributed by atoms with E-state index in [9.17, 15) is 8.42 Å². The summed E-state index contributed by atoms with van der Waals surface area (Å²) in [6.07, 6.45) is 3.28. The van der Waals surface area contributed by atoms with Gasteiger partial charge in [-0.1, -0.05) is 0 Å². The number of rotatable bonds is 5. The van der Waals surface area contributed by atoms with Crippen LogP contribution in [0.1, 0.15) is 13.3 Å². The molecule has 0 aliphatic heterocycles. The summed E-state index contributed by atoms with van der Waals surface area (Å²) in [6, 6.07) is -0.00741. The zero-order valence-electron chi connectivity index (χ0n) is 8.84. The molecule has 15 heavy (non-hydrogen) atoms. The smallest absolute Gasteiger partial charge is 0.245 e. The zero-order valence-corrected chi connectivity index (χ0v) is 9.66. The van der Waals surface area contributed by atoms with Crippen LogP contribution in [-0.4, -0.2) is 42.6 Å². The quantitative estimate of drug-likeness (QED) is 0.733. The summed E-state index contributed by atoms with van der Waals surface area (Å²) >= 11 is 0. The molecule has 0 amide bonds. The molecule has 86 valence electrons. The van der Waals surface area contributed by atoms with E-state index >= 15 is 0 Å². The summed E-state index contributed by atoms with van der Waals surface area (Å²) in [5, 5.41) is 6.09. The molecule has 0 saturated carbocycles. The number of nitrogens with zero attached hydrogens (tertiary/aromatic N) is 2. The van der Waals surface area contributed by atoms with Crippen LogP contribution in [0.5, 0.6) is 0 Å². The van der Waals surface area contributed by atoms with Crippen molar-refractivity contribution in [1.82, 2.24) is 14.5 Å². The van der Waals surface area contributed by atoms with E-state index in [0.717, 1.165) is 0 Å². The Labute approximate surface area is 89.5 Å². The third-order valence-corrected chi connectivity index (χ3v) is 3.90. The highest BCUT2D eigenvalue weighted by molar-refractivity contribution is 7.89. The Morgan fingerprint density at radius 3 is 2.80 bits per heavy atom. The normalized spacial score (nSPS) is 14.4. The minimum atomic E-state index is -3.41. The second-order valence-electron chi connectivity index (χ2n) is 3.53. The van der Waals surface area contributed by atoms with Gasteiger partial charge in [-0.15, -0.1) is 0 Å². The average molecular weight is 232 g/mol. The maximum atomic E-state index is 11.8. The Morgan fingerprint density at radius 2 is 2.33 bits per heavy atom. The first kappa shape index (κ1) is 12.2. The highest BCUT2D eigenvalue weighted by atomic mass is 32.2. The van der Waals surface area contributed by atoms with Crippen LogP contribution in [0.25, 0.3) is 0 Å². The Balaban J connectivity index is 2.71. The molecule has 1 atom stereocenters. The fourth-order valence-corrected chi connectivity index (χ4v) is 2.16. The molecule has 1 aromatic rings. The van der Waals surface area contributed by atoms with Crippen LogP contribution in [0.4, 0.5) is 0 Å². The van der Waals surface area contributed by atoms with Crippen molar-refractivity contribution in [3.05, 3.63) is 12.4 Å². The molecule has 1 aromatic heterocycles. The molecule has 6 nitrogen and oxygen atoms in total. The van der Waals surface area contributed by atoms with Crippen molar-refractivity contribution < 1.29 is 8.42 Å². The maximum Gasteiger partial charge on any atom is 0.245 e. The standard InChI is InChI=1S/C8H16N4O2S/c1-7(9)3-4-12(2)15(13,14)8-5-10-11-6-8/h5-7H,3-4,9H2,1-2H3,(H,10,11). The molecule has 0 saturated heterocycles. The Bertz CT molecular complexity index is 385. The molecule has 1 rings (SSSR count). The predicted octanol–water partition coefficient (Wildman–Crippen LogP) is -0.232. The molecule has 1 heterocycles. The van der Waals surface area contributed by atoms with E-state index in [1.807, 2.05) is 6.92 Å². The summed E-state index contributed by atoms with van der Waals surface area (Å²) in [4.78, 5) is 0.176. The molecule has 3 N–H and O–H groups in total. The van der Waals surface area contributed by atoms with Crippen molar-refractivity contribution in [3.8, 4) is 0 Å². The molecule has 0 aromatic carbocycles. The average Bonchev–Trinajstić information content (AvgIpc) is 2.66. The van der Waals surface area contributed by atoms with Crippen LogP contribution in [0, 0.1) is 0 Å². The van der Waals surface area contributed by atoms with Crippen LogP contribution < -0.4 is 5.73 Å². The van der Waals surface area contributed by atoms with Crippen molar-refractivity contribution in [2.24, 2.45) is 5.73 Å². The third kappa shape index (κ3) is 3.01. The van der Waals surface area contributed by atoms with E-state index in [0.29, 0.717) is 13.0 Å². The minimum absolute atomic E-state index is 0.00741. The molecule has 7 heteroatoms. The van der Waals surface area contributed by atoms with Crippen molar-refractivity contribution in [2.75, 3.05) is 13.6 Å². The molecule has 0 spiro atoms. The van der Waals surface area contributed by atoms with E-state index in [-0.39, 0.29) is 10.9 Å². The van der Waals surface area contributed by atoms with Gasteiger partial charge in [-0.2, -0.15) is 5.10 Å². The molecular weight excluding hydrogens is 216 g/mol. The van der Waals surface area contributed by atoms with Gasteiger partial charge in [-0.25, -0.2) is 12.7 Å². The van der Waals surface area contributed by atoms with Crippen LogP contribution in [0.3, 0.4) is 0 Å². The number of aromatic amines is 1. The molecule has 1 unspecified atom stereocenters. The number of aromatic nitrogens is 2. The topological polar surface area (TPSA) is 92.1 Å². The van der Waals surface area contributed by atoms with Crippen LogP contribution in [-0.2, 0) is 10.0 Å². The first-order valence-electron chi connectivity index (χ1n) is 4.65. The largest absolute Gasteiger partial charge is 0.328 e. The van der Waals surface area contributed by atoms with Crippen molar-refractivity contribution in [2.45, 2.75) is 24.3 Å². The van der Waals surface area contributed by atoms with Gasteiger partial charge in [0.2, 0.25) is 10.0 Å². The van der Waals surface area contributed by atoms with E-state index in [4.69, 9.17) is 5.73 Å². The van der Waals surface area contributed by atoms with Gasteiger partial charge in [-0.3, -0.25) is 5.10 Å². The van der Waals surface area contributed by atoms with Crippen LogP contribution in [0.15, 0.2) is 17.3 Å². The van der Waals surface area contributed by atoms with Crippen LogP contribution in [0.2, 0.25) is 0 Å². The molecule has 0 aliphatic carbocycles. The van der Waals surface area contributed by atoms with Crippen molar-refractivity contribution in [3.63, 3.8) is 0 Å². The lowest BCUT2D eigenvalue weighted by molar-refractivity contribution is 0.446. The van der Waals surface area contributed by atoms with Gasteiger partial charge in [0.1, 0.15) is 4.90 Å². The fraction of sp³-hybridized carbons (Fsp3) is 0.625. The SMILES string of the molecule is CC(N)CCN(C)S(=O)(=O)c1cn[nH]c1. The van der Waals surface area contributed by atoms with Gasteiger partial charge in [-0.05, 0) is 13.3 Å². The lowest BCUT2D eigenvalue weighted by atomic mass is 10.2. The van der Waals surface area contributed by atoms with E-state index in [1.54, 1.807) is 0 Å². The van der Waals surface area contributed by atoms with E-state index < -0.39 is 10.0 Å². The van der Waals surface area contributed by atoms with Gasteiger partial charge >= 0.3 is 0 Å². The van der Waals surface area contributed by atoms with Crippen molar-refractivity contribution >= 4 is 10.0 Å². The zero-order chi connectivity index (χ0) is 11.5. The molecular formula is C8H16N4O2S. The summed E-state index contributed by atoms with van der Waals surface area (Å²) in [6.45, 7) is 2.25. The summed E-state index contributed by atoms with van der Waals surface area (Å²) in [7, 11) is -1.87. The van der Waals surface area contributed by atoms with Gasteiger partial charge in [0, 0.05) is 25.8 Å². The van der Waals surface area contributed by atoms with Gasteiger partial charge < -0.3 is 5.73 Å². The second-order valence-corrected chi connectivity index (χ2v) is 5.57. The predicted molar refractivity (Wildman–Crippen MR) is 56.7 cm³/mol. The van der Waals surface area contributed by atoms with Crippen molar-refractivity contribution in [1.29, 1.82) is 0 Å². The van der Waals surface area contributed by atoms with Gasteiger partial charge in [0.25, 0.3) is 0 Å². The monoisotopic (exact) mass is 232 g/mol. The van der Waals surface area contributed by atoms with Crippen LogP contribution >= 0.6 is 0 Å². The molecule has 0 fully saturated rings. The van der Waals surface area contributed by atoms with Gasteiger partial charge in [0.05, 0.1) is 6.20 Å². The van der Waals surface area contributed by atoms with Gasteiger partial charge in [0.15, 0.2) is 0 Å². The highest BCUT2D eigenvalue weighted by Crippen LogP contribution is 2.11. The first-order chi connectivity index (χ1) is 6.94. The number of nitrogens with one attached hydrogen (secondary N) is 1.